The van der Waals surface area contributed by atoms with E-state index in [4.69, 9.17) is 9.47 Å². The largest absolute Gasteiger partial charge is 0.496 e. The Morgan fingerprint density at radius 3 is 1.93 bits per heavy atom. The summed E-state index contributed by atoms with van der Waals surface area (Å²) < 4.78 is 11.9. The van der Waals surface area contributed by atoms with Gasteiger partial charge in [-0.3, -0.25) is 9.59 Å². The summed E-state index contributed by atoms with van der Waals surface area (Å²) in [4.78, 5) is 28.3. The van der Waals surface area contributed by atoms with Gasteiger partial charge < -0.3 is 9.47 Å². The molecule has 0 atom stereocenters. The third kappa shape index (κ3) is 3.97. The predicted molar refractivity (Wildman–Crippen MR) is 116 cm³/mol. The Morgan fingerprint density at radius 1 is 0.897 bits per heavy atom. The van der Waals surface area contributed by atoms with Crippen LogP contribution in [0, 0.1) is 6.92 Å². The first-order chi connectivity index (χ1) is 14.0. The van der Waals surface area contributed by atoms with Crippen LogP contribution in [-0.2, 0) is 9.59 Å². The van der Waals surface area contributed by atoms with Crippen LogP contribution < -0.4 is 9.47 Å². The molecule has 1 aromatic carbocycles. The Bertz CT molecular complexity index is 826. The number of hydrogen-bond acceptors (Lipinski definition) is 6. The first-order valence-corrected chi connectivity index (χ1v) is 11.6. The lowest BCUT2D eigenvalue weighted by molar-refractivity contribution is -0.147. The highest BCUT2D eigenvalue weighted by Gasteiger charge is 2.44. The van der Waals surface area contributed by atoms with E-state index in [1.807, 2.05) is 13.0 Å². The van der Waals surface area contributed by atoms with E-state index in [0.29, 0.717) is 17.3 Å². The zero-order valence-electron chi connectivity index (χ0n) is 17.7. The minimum absolute atomic E-state index is 0.197. The minimum Gasteiger partial charge on any atom is -0.496 e. The molecule has 1 aromatic rings. The number of rotatable bonds is 8. The van der Waals surface area contributed by atoms with Gasteiger partial charge in [0.05, 0.1) is 28.2 Å². The summed E-state index contributed by atoms with van der Waals surface area (Å²) in [5, 5.41) is 3.27. The summed E-state index contributed by atoms with van der Waals surface area (Å²) >= 11 is 2.85. The van der Waals surface area contributed by atoms with E-state index in [1.54, 1.807) is 24.2 Å². The van der Waals surface area contributed by atoms with Gasteiger partial charge in [0.15, 0.2) is 0 Å². The van der Waals surface area contributed by atoms with Gasteiger partial charge in [0.1, 0.15) is 17.1 Å². The van der Waals surface area contributed by atoms with Crippen LogP contribution in [0.2, 0.25) is 0 Å². The summed E-state index contributed by atoms with van der Waals surface area (Å²) in [5.74, 6) is 1.10. The first kappa shape index (κ1) is 21.9. The van der Waals surface area contributed by atoms with Gasteiger partial charge in [-0.1, -0.05) is 50.2 Å². The van der Waals surface area contributed by atoms with E-state index in [-0.39, 0.29) is 17.4 Å². The number of carbonyl (C=O) groups is 2. The average molecular weight is 437 g/mol. The maximum absolute atomic E-state index is 13.2. The number of hydrogen-bond donors (Lipinski definition) is 0. The van der Waals surface area contributed by atoms with Gasteiger partial charge in [-0.2, -0.15) is 0 Å². The average Bonchev–Trinajstić information content (AvgIpc) is 3.23. The summed E-state index contributed by atoms with van der Waals surface area (Å²) in [7, 11) is 3.26. The van der Waals surface area contributed by atoms with Crippen molar-refractivity contribution >= 4 is 35.3 Å². The molecule has 0 saturated carbocycles. The third-order valence-electron chi connectivity index (χ3n) is 4.99. The molecular weight excluding hydrogens is 408 g/mol. The Kier molecular flexibility index (Phi) is 7.05. The summed E-state index contributed by atoms with van der Waals surface area (Å²) in [6, 6.07) is 1.93. The number of unbranched alkanes of at least 4 members (excludes halogenated alkanes) is 2. The quantitative estimate of drug-likeness (QED) is 0.438. The van der Waals surface area contributed by atoms with Crippen LogP contribution in [0.5, 0.6) is 11.5 Å². The van der Waals surface area contributed by atoms with Crippen LogP contribution in [0.25, 0.3) is 0 Å². The number of thioether (sulfide) groups is 2. The second-order valence-corrected chi connectivity index (χ2v) is 9.32. The summed E-state index contributed by atoms with van der Waals surface area (Å²) in [6.07, 6.45) is 3.67. The molecule has 1 fully saturated rings. The van der Waals surface area contributed by atoms with Crippen LogP contribution in [0.3, 0.4) is 0 Å². The van der Waals surface area contributed by atoms with Crippen molar-refractivity contribution < 1.29 is 19.1 Å². The van der Waals surface area contributed by atoms with Gasteiger partial charge in [0.25, 0.3) is 11.8 Å². The van der Waals surface area contributed by atoms with Crippen molar-refractivity contribution in [2.45, 2.75) is 56.2 Å². The Hall–Kier alpha value is -1.80. The molecule has 3 rings (SSSR count). The zero-order chi connectivity index (χ0) is 21.1. The van der Waals surface area contributed by atoms with E-state index in [2.05, 4.69) is 13.8 Å². The standard InChI is InChI=1S/C21H28N2O4S2/c1-6-8-10-22-19(24)15(20(25)23(22)11-9-7-2)21-28-17-14(26-4)12-13(3)16(27-5)18(17)29-21/h12H,6-11H2,1-5H3. The number of ether oxygens (including phenoxy) is 2. The second kappa shape index (κ2) is 9.34. The van der Waals surface area contributed by atoms with Crippen molar-refractivity contribution in [3.8, 4) is 11.5 Å². The van der Waals surface area contributed by atoms with Gasteiger partial charge in [-0.15, -0.1) is 0 Å². The molecule has 6 nitrogen and oxygen atoms in total. The second-order valence-electron chi connectivity index (χ2n) is 7.02. The Labute approximate surface area is 180 Å². The summed E-state index contributed by atoms with van der Waals surface area (Å²) in [5.41, 5.74) is 1.23. The van der Waals surface area contributed by atoms with E-state index < -0.39 is 0 Å². The van der Waals surface area contributed by atoms with Crippen LogP contribution in [0.1, 0.15) is 45.1 Å². The lowest BCUT2D eigenvalue weighted by Gasteiger charge is -2.27. The fourth-order valence-electron chi connectivity index (χ4n) is 3.43. The lowest BCUT2D eigenvalue weighted by Crippen LogP contribution is -2.42. The maximum Gasteiger partial charge on any atom is 0.279 e. The molecule has 2 aliphatic heterocycles. The number of aryl methyl sites for hydroxylation is 1. The molecule has 8 heteroatoms. The molecule has 0 aliphatic carbocycles. The number of nitrogens with zero attached hydrogens (tertiary/aromatic N) is 2. The van der Waals surface area contributed by atoms with Crippen LogP contribution in [0.4, 0.5) is 0 Å². The first-order valence-electron chi connectivity index (χ1n) is 9.97. The smallest absolute Gasteiger partial charge is 0.279 e. The third-order valence-corrected chi connectivity index (χ3v) is 7.61. The fraction of sp³-hybridized carbons (Fsp3) is 0.524. The van der Waals surface area contributed by atoms with Crippen molar-refractivity contribution in [2.75, 3.05) is 27.3 Å². The highest BCUT2D eigenvalue weighted by Crippen LogP contribution is 2.60. The number of hydrazine groups is 1. The lowest BCUT2D eigenvalue weighted by atomic mass is 10.2. The van der Waals surface area contributed by atoms with Gasteiger partial charge in [0, 0.05) is 13.1 Å². The highest BCUT2D eigenvalue weighted by atomic mass is 32.2. The molecule has 2 amide bonds. The molecule has 29 heavy (non-hydrogen) atoms. The number of carbonyl (C=O) groups excluding carboxylic acids is 2. The molecule has 2 heterocycles. The van der Waals surface area contributed by atoms with E-state index in [9.17, 15) is 9.59 Å². The number of benzene rings is 1. The number of amides is 2. The van der Waals surface area contributed by atoms with Gasteiger partial charge in [0.2, 0.25) is 0 Å². The van der Waals surface area contributed by atoms with Crippen molar-refractivity contribution in [3.63, 3.8) is 0 Å². The molecule has 0 spiro atoms. The van der Waals surface area contributed by atoms with E-state index in [0.717, 1.165) is 52.5 Å². The van der Waals surface area contributed by atoms with Crippen molar-refractivity contribution in [3.05, 3.63) is 21.4 Å². The van der Waals surface area contributed by atoms with Crippen molar-refractivity contribution in [1.29, 1.82) is 0 Å². The molecule has 158 valence electrons. The summed E-state index contributed by atoms with van der Waals surface area (Å²) in [6.45, 7) is 7.25. The Morgan fingerprint density at radius 2 is 1.45 bits per heavy atom. The predicted octanol–water partition coefficient (Wildman–Crippen LogP) is 4.61. The van der Waals surface area contributed by atoms with Crippen LogP contribution >= 0.6 is 23.5 Å². The fourth-order valence-corrected chi connectivity index (χ4v) is 6.23. The molecule has 1 saturated heterocycles. The van der Waals surface area contributed by atoms with Crippen LogP contribution in [0.15, 0.2) is 25.7 Å². The highest BCUT2D eigenvalue weighted by molar-refractivity contribution is 8.25. The molecule has 0 radical (unpaired) electrons. The van der Waals surface area contributed by atoms with Crippen LogP contribution in [-0.4, -0.2) is 49.1 Å². The zero-order valence-corrected chi connectivity index (χ0v) is 19.3. The molecule has 0 N–H and O–H groups in total. The SMILES string of the molecule is CCCCN1C(=O)C(=C2Sc3c(OC)cc(C)c(OC)c3S2)C(=O)N1CCCC. The maximum atomic E-state index is 13.2. The van der Waals surface area contributed by atoms with E-state index in [1.165, 1.54) is 23.5 Å². The van der Waals surface area contributed by atoms with Crippen molar-refractivity contribution in [2.24, 2.45) is 0 Å². The Balaban J connectivity index is 2.02. The monoisotopic (exact) mass is 436 g/mol. The minimum atomic E-state index is -0.197. The topological polar surface area (TPSA) is 59.1 Å². The number of fused-ring (bicyclic) bond motifs is 1. The van der Waals surface area contributed by atoms with Crippen molar-refractivity contribution in [1.82, 2.24) is 10.0 Å². The number of methoxy groups -OCH3 is 2. The molecular formula is C21H28N2O4S2. The molecule has 0 aromatic heterocycles. The van der Waals surface area contributed by atoms with Gasteiger partial charge >= 0.3 is 0 Å². The normalized spacial score (nSPS) is 16.2. The van der Waals surface area contributed by atoms with Gasteiger partial charge in [-0.25, -0.2) is 10.0 Å². The molecule has 0 bridgehead atoms. The molecule has 2 aliphatic rings. The van der Waals surface area contributed by atoms with Gasteiger partial charge in [-0.05, 0) is 31.4 Å². The van der Waals surface area contributed by atoms with E-state index >= 15 is 0 Å². The molecule has 0 unspecified atom stereocenters.